The lowest BCUT2D eigenvalue weighted by atomic mass is 9.97. The first-order valence-electron chi connectivity index (χ1n) is 9.58. The summed E-state index contributed by atoms with van der Waals surface area (Å²) in [6.45, 7) is 3.15. The van der Waals surface area contributed by atoms with Crippen LogP contribution in [0.2, 0.25) is 0 Å². The van der Waals surface area contributed by atoms with Gasteiger partial charge in [-0.15, -0.1) is 0 Å². The van der Waals surface area contributed by atoms with Gasteiger partial charge in [0, 0.05) is 43.9 Å². The van der Waals surface area contributed by atoms with E-state index in [0.717, 1.165) is 67.1 Å². The zero-order chi connectivity index (χ0) is 18.4. The normalized spacial score (nSPS) is 20.8. The van der Waals surface area contributed by atoms with Gasteiger partial charge in [-0.25, -0.2) is 4.98 Å². The Bertz CT molecular complexity index is 958. The van der Waals surface area contributed by atoms with E-state index in [-0.39, 0.29) is 11.8 Å². The molecule has 7 nitrogen and oxygen atoms in total. The van der Waals surface area contributed by atoms with E-state index >= 15 is 0 Å². The molecule has 2 aliphatic rings. The molecule has 1 aromatic carbocycles. The number of amides is 1. The number of fused-ring (bicyclic) bond motifs is 2. The summed E-state index contributed by atoms with van der Waals surface area (Å²) < 4.78 is 5.95. The second-order valence-electron chi connectivity index (χ2n) is 7.63. The number of carbonyl (C=O) groups excluding carboxylic acids is 1. The highest BCUT2D eigenvalue weighted by atomic mass is 16.3. The number of hydrogen-bond donors (Lipinski definition) is 1. The maximum atomic E-state index is 13.2. The summed E-state index contributed by atoms with van der Waals surface area (Å²) in [5.74, 6) is 0.883. The highest BCUT2D eigenvalue weighted by Crippen LogP contribution is 2.30. The molecule has 140 valence electrons. The van der Waals surface area contributed by atoms with E-state index in [1.807, 2.05) is 29.2 Å². The predicted molar refractivity (Wildman–Crippen MR) is 101 cm³/mol. The maximum Gasteiger partial charge on any atom is 0.274 e. The van der Waals surface area contributed by atoms with Crippen LogP contribution in [0.5, 0.6) is 0 Å². The number of carbonyl (C=O) groups is 1. The molecule has 0 radical (unpaired) electrons. The third kappa shape index (κ3) is 2.92. The molecule has 2 aliphatic heterocycles. The van der Waals surface area contributed by atoms with Crippen molar-refractivity contribution in [2.24, 2.45) is 0 Å². The van der Waals surface area contributed by atoms with E-state index in [9.17, 15) is 4.79 Å². The number of piperidine rings is 1. The largest absolute Gasteiger partial charge is 0.440 e. The summed E-state index contributed by atoms with van der Waals surface area (Å²) in [5.41, 5.74) is 4.41. The minimum absolute atomic E-state index is 0.0172. The van der Waals surface area contributed by atoms with E-state index in [2.05, 4.69) is 27.1 Å². The van der Waals surface area contributed by atoms with Gasteiger partial charge in [0.05, 0.1) is 5.92 Å². The number of oxazole rings is 1. The summed E-state index contributed by atoms with van der Waals surface area (Å²) in [7, 11) is 2.08. The molecular formula is C20H23N5O2. The Kier molecular flexibility index (Phi) is 3.97. The summed E-state index contributed by atoms with van der Waals surface area (Å²) in [6, 6.07) is 7.81. The van der Waals surface area contributed by atoms with Crippen LogP contribution in [0.15, 0.2) is 28.7 Å². The average molecular weight is 365 g/mol. The summed E-state index contributed by atoms with van der Waals surface area (Å²) in [6.07, 6.45) is 2.84. The average Bonchev–Trinajstić information content (AvgIpc) is 3.31. The van der Waals surface area contributed by atoms with Gasteiger partial charge in [0.1, 0.15) is 5.52 Å². The van der Waals surface area contributed by atoms with Gasteiger partial charge >= 0.3 is 0 Å². The Morgan fingerprint density at radius 3 is 3.07 bits per heavy atom. The van der Waals surface area contributed by atoms with Crippen molar-refractivity contribution in [3.8, 4) is 0 Å². The van der Waals surface area contributed by atoms with Gasteiger partial charge in [0.2, 0.25) is 0 Å². The molecule has 0 spiro atoms. The van der Waals surface area contributed by atoms with Crippen LogP contribution in [0.3, 0.4) is 0 Å². The van der Waals surface area contributed by atoms with Gasteiger partial charge in [0.25, 0.3) is 5.91 Å². The molecular weight excluding hydrogens is 342 g/mol. The number of rotatable bonds is 2. The van der Waals surface area contributed by atoms with Gasteiger partial charge in [-0.1, -0.05) is 12.1 Å². The fraction of sp³-hybridized carbons (Fsp3) is 0.450. The first kappa shape index (κ1) is 16.5. The highest BCUT2D eigenvalue weighted by molar-refractivity contribution is 5.94. The third-order valence-corrected chi connectivity index (χ3v) is 5.70. The van der Waals surface area contributed by atoms with Crippen molar-refractivity contribution in [1.29, 1.82) is 0 Å². The van der Waals surface area contributed by atoms with Crippen LogP contribution < -0.4 is 0 Å². The fourth-order valence-corrected chi connectivity index (χ4v) is 4.18. The Hall–Kier alpha value is -2.67. The SMILES string of the molecule is CN1CCc2[nH]nc(C(=O)N3CCC[C@@H](c4nc5ccccc5o4)C3)c2C1. The summed E-state index contributed by atoms with van der Waals surface area (Å²) >= 11 is 0. The predicted octanol–water partition coefficient (Wildman–Crippen LogP) is 2.56. The molecule has 3 aromatic rings. The number of benzene rings is 1. The number of para-hydroxylation sites is 2. The first-order valence-corrected chi connectivity index (χ1v) is 9.58. The molecule has 1 atom stereocenters. The van der Waals surface area contributed by atoms with Crippen molar-refractivity contribution in [2.75, 3.05) is 26.7 Å². The molecule has 1 saturated heterocycles. The van der Waals surface area contributed by atoms with E-state index in [1.165, 1.54) is 0 Å². The standard InChI is InChI=1S/C20H23N5O2/c1-24-10-8-15-14(12-24)18(23-22-15)20(26)25-9-4-5-13(11-25)19-21-16-6-2-3-7-17(16)27-19/h2-3,6-7,13H,4-5,8-12H2,1H3,(H,22,23)/t13-/m1/s1. The second-order valence-corrected chi connectivity index (χ2v) is 7.63. The van der Waals surface area contributed by atoms with Crippen LogP contribution >= 0.6 is 0 Å². The highest BCUT2D eigenvalue weighted by Gasteiger charge is 2.32. The second kappa shape index (κ2) is 6.49. The molecule has 0 bridgehead atoms. The van der Waals surface area contributed by atoms with Gasteiger partial charge in [-0.3, -0.25) is 9.89 Å². The molecule has 0 saturated carbocycles. The van der Waals surface area contributed by atoms with Gasteiger partial charge in [-0.05, 0) is 32.0 Å². The van der Waals surface area contributed by atoms with E-state index < -0.39 is 0 Å². The van der Waals surface area contributed by atoms with Crippen LogP contribution in [0, 0.1) is 0 Å². The molecule has 0 aliphatic carbocycles. The van der Waals surface area contributed by atoms with Crippen molar-refractivity contribution in [2.45, 2.75) is 31.7 Å². The van der Waals surface area contributed by atoms with Crippen LogP contribution in [0.25, 0.3) is 11.1 Å². The van der Waals surface area contributed by atoms with Crippen molar-refractivity contribution >= 4 is 17.0 Å². The lowest BCUT2D eigenvalue weighted by Crippen LogP contribution is -2.40. The molecule has 1 amide bonds. The number of likely N-dealkylation sites (tertiary alicyclic amines) is 1. The maximum absolute atomic E-state index is 13.2. The quantitative estimate of drug-likeness (QED) is 0.755. The first-order chi connectivity index (χ1) is 13.2. The smallest absolute Gasteiger partial charge is 0.274 e. The summed E-state index contributed by atoms with van der Waals surface area (Å²) in [4.78, 5) is 21.9. The van der Waals surface area contributed by atoms with Crippen LogP contribution in [-0.4, -0.2) is 57.6 Å². The third-order valence-electron chi connectivity index (χ3n) is 5.70. The Morgan fingerprint density at radius 2 is 2.19 bits per heavy atom. The van der Waals surface area contributed by atoms with Crippen LogP contribution in [0.1, 0.15) is 46.4 Å². The number of nitrogens with one attached hydrogen (secondary N) is 1. The monoisotopic (exact) mass is 365 g/mol. The van der Waals surface area contributed by atoms with Crippen LogP contribution in [0.4, 0.5) is 0 Å². The molecule has 2 aromatic heterocycles. The minimum Gasteiger partial charge on any atom is -0.440 e. The molecule has 4 heterocycles. The molecule has 1 fully saturated rings. The fourth-order valence-electron chi connectivity index (χ4n) is 4.18. The number of H-pyrrole nitrogens is 1. The Balaban J connectivity index is 1.38. The Morgan fingerprint density at radius 1 is 1.30 bits per heavy atom. The molecule has 5 rings (SSSR count). The van der Waals surface area contributed by atoms with E-state index in [0.29, 0.717) is 12.2 Å². The van der Waals surface area contributed by atoms with Gasteiger partial charge in [0.15, 0.2) is 17.2 Å². The minimum atomic E-state index is 0.0172. The summed E-state index contributed by atoms with van der Waals surface area (Å²) in [5, 5.41) is 7.43. The zero-order valence-corrected chi connectivity index (χ0v) is 15.4. The number of likely N-dealkylation sites (N-methyl/N-ethyl adjacent to an activating group) is 1. The topological polar surface area (TPSA) is 78.3 Å². The van der Waals surface area contributed by atoms with Crippen molar-refractivity contribution in [3.63, 3.8) is 0 Å². The molecule has 1 N–H and O–H groups in total. The lowest BCUT2D eigenvalue weighted by Gasteiger charge is -2.31. The van der Waals surface area contributed by atoms with Gasteiger partial charge < -0.3 is 14.2 Å². The van der Waals surface area contributed by atoms with Gasteiger partial charge in [-0.2, -0.15) is 5.10 Å². The molecule has 7 heteroatoms. The van der Waals surface area contributed by atoms with Crippen molar-refractivity contribution < 1.29 is 9.21 Å². The van der Waals surface area contributed by atoms with E-state index in [1.54, 1.807) is 0 Å². The number of aromatic nitrogens is 3. The van der Waals surface area contributed by atoms with Crippen molar-refractivity contribution in [1.82, 2.24) is 25.0 Å². The van der Waals surface area contributed by atoms with E-state index in [4.69, 9.17) is 4.42 Å². The Labute approximate surface area is 157 Å². The number of hydrogen-bond acceptors (Lipinski definition) is 5. The molecule has 0 unspecified atom stereocenters. The number of aromatic amines is 1. The van der Waals surface area contributed by atoms with Crippen LogP contribution in [-0.2, 0) is 13.0 Å². The number of nitrogens with zero attached hydrogens (tertiary/aromatic N) is 4. The lowest BCUT2D eigenvalue weighted by molar-refractivity contribution is 0.0690. The molecule has 27 heavy (non-hydrogen) atoms. The van der Waals surface area contributed by atoms with Crippen molar-refractivity contribution in [3.05, 3.63) is 47.1 Å². The zero-order valence-electron chi connectivity index (χ0n) is 15.4.